The molecule has 0 radical (unpaired) electrons. The van der Waals surface area contributed by atoms with Crippen molar-refractivity contribution in [3.8, 4) is 39.7 Å². The summed E-state index contributed by atoms with van der Waals surface area (Å²) >= 11 is 0. The first-order valence-corrected chi connectivity index (χ1v) is 12.2. The number of carboxylic acids is 1. The van der Waals surface area contributed by atoms with E-state index in [1.807, 2.05) is 67.4 Å². The van der Waals surface area contributed by atoms with Crippen LogP contribution >= 0.6 is 0 Å². The molecule has 1 aromatic heterocycles. The number of carbonyl (C=O) groups is 1. The molecule has 0 aliphatic rings. The zero-order valence-corrected chi connectivity index (χ0v) is 20.9. The number of rotatable bonds is 11. The van der Waals surface area contributed by atoms with Gasteiger partial charge in [0.05, 0.1) is 13.0 Å². The maximum atomic E-state index is 10.8. The molecule has 1 N–H and O–H groups in total. The molecule has 0 spiro atoms. The molecule has 0 atom stereocenters. The minimum atomic E-state index is -0.801. The van der Waals surface area contributed by atoms with Crippen LogP contribution in [-0.2, 0) is 17.8 Å². The molecule has 0 unspecified atom stereocenters. The lowest BCUT2D eigenvalue weighted by atomic mass is 9.96. The quantitative estimate of drug-likeness (QED) is 0.281. The number of carboxylic acid groups (broad SMARTS) is 1. The molecular weight excluding hydrogens is 454 g/mol. The smallest absolute Gasteiger partial charge is 0.304 e. The zero-order chi connectivity index (χ0) is 25.5. The number of aliphatic carboxylic acids is 1. The molecule has 7 heteroatoms. The van der Waals surface area contributed by atoms with Crippen molar-refractivity contribution >= 4 is 5.97 Å². The van der Waals surface area contributed by atoms with Gasteiger partial charge in [0, 0.05) is 29.8 Å². The highest BCUT2D eigenvalue weighted by molar-refractivity contribution is 5.77. The van der Waals surface area contributed by atoms with E-state index in [0.717, 1.165) is 40.0 Å². The van der Waals surface area contributed by atoms with Crippen LogP contribution in [0.3, 0.4) is 0 Å². The van der Waals surface area contributed by atoms with E-state index in [1.54, 1.807) is 0 Å². The van der Waals surface area contributed by atoms with Crippen molar-refractivity contribution in [2.24, 2.45) is 0 Å². The van der Waals surface area contributed by atoms with Crippen LogP contribution in [0.1, 0.15) is 31.4 Å². The third-order valence-electron chi connectivity index (χ3n) is 5.99. The lowest BCUT2D eigenvalue weighted by Crippen LogP contribution is -2.21. The molecule has 0 amide bonds. The van der Waals surface area contributed by atoms with Crippen LogP contribution in [0.15, 0.2) is 71.3 Å². The van der Waals surface area contributed by atoms with Gasteiger partial charge in [-0.1, -0.05) is 54.5 Å². The van der Waals surface area contributed by atoms with E-state index in [1.165, 1.54) is 5.56 Å². The topological polar surface area (TPSA) is 88.7 Å². The van der Waals surface area contributed by atoms with Crippen molar-refractivity contribution < 1.29 is 19.2 Å². The van der Waals surface area contributed by atoms with E-state index in [9.17, 15) is 4.79 Å². The van der Waals surface area contributed by atoms with Gasteiger partial charge < -0.3 is 19.3 Å². The Labute approximate surface area is 211 Å². The van der Waals surface area contributed by atoms with Crippen LogP contribution in [0.25, 0.3) is 34.0 Å². The van der Waals surface area contributed by atoms with Gasteiger partial charge in [-0.25, -0.2) is 0 Å². The predicted octanol–water partition coefficient (Wildman–Crippen LogP) is 5.94. The van der Waals surface area contributed by atoms with E-state index in [-0.39, 0.29) is 6.42 Å². The summed E-state index contributed by atoms with van der Waals surface area (Å²) in [5, 5.41) is 13.1. The number of aromatic nitrogens is 2. The first kappa shape index (κ1) is 25.1. The molecule has 36 heavy (non-hydrogen) atoms. The molecule has 186 valence electrons. The normalized spacial score (nSPS) is 11.1. The largest absolute Gasteiger partial charge is 0.493 e. The summed E-state index contributed by atoms with van der Waals surface area (Å²) in [4.78, 5) is 17.4. The standard InChI is InChI=1S/C29H31N3O4/c1-4-21-10-6-7-12-24(21)25-14-13-23(18-26(25)35-5-2)29-30-28(31-36-29)22-11-8-9-20(17-22)19-32(3)16-15-27(33)34/h6-14,17-18H,4-5,15-16,19H2,1-3H3,(H,33,34). The van der Waals surface area contributed by atoms with Crippen LogP contribution in [0.5, 0.6) is 5.75 Å². The number of ether oxygens (including phenoxy) is 1. The fourth-order valence-electron chi connectivity index (χ4n) is 4.19. The molecule has 4 rings (SSSR count). The molecule has 4 aromatic rings. The van der Waals surface area contributed by atoms with Gasteiger partial charge in [-0.2, -0.15) is 4.98 Å². The van der Waals surface area contributed by atoms with Crippen molar-refractivity contribution in [3.05, 3.63) is 77.9 Å². The third kappa shape index (κ3) is 5.98. The highest BCUT2D eigenvalue weighted by Gasteiger charge is 2.16. The summed E-state index contributed by atoms with van der Waals surface area (Å²) in [6, 6.07) is 22.2. The van der Waals surface area contributed by atoms with Gasteiger partial charge in [0.15, 0.2) is 0 Å². The van der Waals surface area contributed by atoms with E-state index < -0.39 is 5.97 Å². The maximum Gasteiger partial charge on any atom is 0.304 e. The Morgan fingerprint density at radius 1 is 1.00 bits per heavy atom. The average molecular weight is 486 g/mol. The summed E-state index contributed by atoms with van der Waals surface area (Å²) in [6.07, 6.45) is 1.04. The first-order valence-electron chi connectivity index (χ1n) is 12.2. The van der Waals surface area contributed by atoms with Gasteiger partial charge in [0.1, 0.15) is 5.75 Å². The second-order valence-electron chi connectivity index (χ2n) is 8.66. The van der Waals surface area contributed by atoms with Crippen LogP contribution in [0.4, 0.5) is 0 Å². The molecule has 0 saturated heterocycles. The van der Waals surface area contributed by atoms with Crippen molar-refractivity contribution in [1.29, 1.82) is 0 Å². The number of benzene rings is 3. The number of hydrogen-bond donors (Lipinski definition) is 1. The highest BCUT2D eigenvalue weighted by Crippen LogP contribution is 2.36. The van der Waals surface area contributed by atoms with Crippen LogP contribution in [0, 0.1) is 0 Å². The van der Waals surface area contributed by atoms with Gasteiger partial charge >= 0.3 is 5.97 Å². The number of nitrogens with zero attached hydrogens (tertiary/aromatic N) is 3. The van der Waals surface area contributed by atoms with Crippen molar-refractivity contribution in [1.82, 2.24) is 15.0 Å². The van der Waals surface area contributed by atoms with Gasteiger partial charge in [0.25, 0.3) is 5.89 Å². The Morgan fingerprint density at radius 3 is 2.61 bits per heavy atom. The Hall–Kier alpha value is -3.97. The maximum absolute atomic E-state index is 10.8. The lowest BCUT2D eigenvalue weighted by Gasteiger charge is -2.15. The van der Waals surface area contributed by atoms with E-state index in [0.29, 0.717) is 31.4 Å². The SMILES string of the molecule is CCOc1cc(-c2nc(-c3cccc(CN(C)CCC(=O)O)c3)no2)ccc1-c1ccccc1CC. The first-order chi connectivity index (χ1) is 17.5. The minimum absolute atomic E-state index is 0.108. The molecule has 3 aromatic carbocycles. The van der Waals surface area contributed by atoms with E-state index in [2.05, 4.69) is 35.3 Å². The molecule has 0 fully saturated rings. The molecule has 1 heterocycles. The second kappa shape index (κ2) is 11.6. The second-order valence-corrected chi connectivity index (χ2v) is 8.66. The molecule has 0 saturated carbocycles. The zero-order valence-electron chi connectivity index (χ0n) is 20.9. The monoisotopic (exact) mass is 485 g/mol. The Bertz CT molecular complexity index is 1330. The third-order valence-corrected chi connectivity index (χ3v) is 5.99. The molecule has 0 bridgehead atoms. The summed E-state index contributed by atoms with van der Waals surface area (Å²) in [7, 11) is 1.90. The van der Waals surface area contributed by atoms with Gasteiger partial charge in [-0.15, -0.1) is 0 Å². The van der Waals surface area contributed by atoms with Crippen LogP contribution in [-0.4, -0.2) is 46.3 Å². The van der Waals surface area contributed by atoms with Gasteiger partial charge in [-0.3, -0.25) is 4.79 Å². The summed E-state index contributed by atoms with van der Waals surface area (Å²) in [6.45, 7) is 5.78. The van der Waals surface area contributed by atoms with Gasteiger partial charge in [0.2, 0.25) is 5.82 Å². The van der Waals surface area contributed by atoms with Crippen LogP contribution in [0.2, 0.25) is 0 Å². The predicted molar refractivity (Wildman–Crippen MR) is 140 cm³/mol. The minimum Gasteiger partial charge on any atom is -0.493 e. The van der Waals surface area contributed by atoms with Crippen molar-refractivity contribution in [3.63, 3.8) is 0 Å². The summed E-state index contributed by atoms with van der Waals surface area (Å²) in [5.74, 6) is 0.899. The van der Waals surface area contributed by atoms with E-state index in [4.69, 9.17) is 14.4 Å². The molecule has 7 nitrogen and oxygen atoms in total. The fourth-order valence-corrected chi connectivity index (χ4v) is 4.19. The molecule has 0 aliphatic heterocycles. The Morgan fingerprint density at radius 2 is 1.83 bits per heavy atom. The molecule has 0 aliphatic carbocycles. The van der Waals surface area contributed by atoms with E-state index >= 15 is 0 Å². The van der Waals surface area contributed by atoms with Crippen LogP contribution < -0.4 is 4.74 Å². The lowest BCUT2D eigenvalue weighted by molar-refractivity contribution is -0.137. The van der Waals surface area contributed by atoms with Gasteiger partial charge in [-0.05, 0) is 61.3 Å². The number of aryl methyl sites for hydroxylation is 1. The fraction of sp³-hybridized carbons (Fsp3) is 0.276. The average Bonchev–Trinajstić information content (AvgIpc) is 3.38. The Kier molecular flexibility index (Phi) is 8.13. The Balaban J connectivity index is 1.58. The van der Waals surface area contributed by atoms with Crippen molar-refractivity contribution in [2.45, 2.75) is 33.2 Å². The number of hydrogen-bond acceptors (Lipinski definition) is 6. The highest BCUT2D eigenvalue weighted by atomic mass is 16.5. The van der Waals surface area contributed by atoms with Crippen molar-refractivity contribution in [2.75, 3.05) is 20.2 Å². The summed E-state index contributed by atoms with van der Waals surface area (Å²) in [5.41, 5.74) is 6.14. The molecular formula is C29H31N3O4. The summed E-state index contributed by atoms with van der Waals surface area (Å²) < 4.78 is 11.6.